The Bertz CT molecular complexity index is 538. The summed E-state index contributed by atoms with van der Waals surface area (Å²) in [6.07, 6.45) is 0. The van der Waals surface area contributed by atoms with E-state index in [1.807, 2.05) is 37.3 Å². The zero-order chi connectivity index (χ0) is 13.7. The highest BCUT2D eigenvalue weighted by molar-refractivity contribution is 6.32. The summed E-state index contributed by atoms with van der Waals surface area (Å²) < 4.78 is 11.1. The SMILES string of the molecule is CCOc1ccc(Oc2ccc(CCl)cc2)c(Cl)c1. The molecule has 0 aliphatic carbocycles. The van der Waals surface area contributed by atoms with Crippen molar-refractivity contribution in [2.45, 2.75) is 12.8 Å². The first-order valence-corrected chi connectivity index (χ1v) is 6.89. The minimum absolute atomic E-state index is 0.490. The molecule has 0 bridgehead atoms. The summed E-state index contributed by atoms with van der Waals surface area (Å²) in [7, 11) is 0. The molecule has 0 spiro atoms. The molecule has 0 saturated heterocycles. The van der Waals surface area contributed by atoms with Crippen LogP contribution in [0.3, 0.4) is 0 Å². The standard InChI is InChI=1S/C15H14Cl2O2/c1-2-18-13-7-8-15(14(17)9-13)19-12-5-3-11(10-16)4-6-12/h3-9H,2,10H2,1H3. The van der Waals surface area contributed by atoms with Crippen molar-refractivity contribution in [2.24, 2.45) is 0 Å². The third-order valence-corrected chi connectivity index (χ3v) is 3.12. The fraction of sp³-hybridized carbons (Fsp3) is 0.200. The van der Waals surface area contributed by atoms with Gasteiger partial charge in [0.05, 0.1) is 11.6 Å². The Morgan fingerprint density at radius 3 is 2.26 bits per heavy atom. The Hall–Kier alpha value is -1.38. The van der Waals surface area contributed by atoms with Crippen LogP contribution in [0.1, 0.15) is 12.5 Å². The van der Waals surface area contributed by atoms with Crippen LogP contribution in [0.5, 0.6) is 17.2 Å². The van der Waals surface area contributed by atoms with E-state index in [2.05, 4.69) is 0 Å². The maximum Gasteiger partial charge on any atom is 0.146 e. The normalized spacial score (nSPS) is 10.3. The molecule has 2 nitrogen and oxygen atoms in total. The van der Waals surface area contributed by atoms with Gasteiger partial charge in [-0.3, -0.25) is 0 Å². The van der Waals surface area contributed by atoms with Crippen molar-refractivity contribution in [3.63, 3.8) is 0 Å². The summed E-state index contributed by atoms with van der Waals surface area (Å²) in [5.74, 6) is 2.55. The Morgan fingerprint density at radius 2 is 1.68 bits per heavy atom. The quantitative estimate of drug-likeness (QED) is 0.700. The zero-order valence-corrected chi connectivity index (χ0v) is 12.0. The molecule has 2 rings (SSSR count). The highest BCUT2D eigenvalue weighted by atomic mass is 35.5. The molecule has 100 valence electrons. The van der Waals surface area contributed by atoms with Gasteiger partial charge in [-0.2, -0.15) is 0 Å². The van der Waals surface area contributed by atoms with Gasteiger partial charge in [0.2, 0.25) is 0 Å². The molecule has 0 saturated carbocycles. The minimum Gasteiger partial charge on any atom is -0.494 e. The molecular formula is C15H14Cl2O2. The first-order chi connectivity index (χ1) is 9.22. The van der Waals surface area contributed by atoms with Crippen LogP contribution in [-0.2, 0) is 5.88 Å². The van der Waals surface area contributed by atoms with Gasteiger partial charge in [0.15, 0.2) is 0 Å². The highest BCUT2D eigenvalue weighted by Crippen LogP contribution is 2.32. The van der Waals surface area contributed by atoms with Crippen LogP contribution in [0.4, 0.5) is 0 Å². The van der Waals surface area contributed by atoms with E-state index in [9.17, 15) is 0 Å². The summed E-state index contributed by atoms with van der Waals surface area (Å²) in [6, 6.07) is 12.9. The number of alkyl halides is 1. The lowest BCUT2D eigenvalue weighted by Crippen LogP contribution is -1.92. The van der Waals surface area contributed by atoms with Crippen LogP contribution in [0.2, 0.25) is 5.02 Å². The molecule has 2 aromatic carbocycles. The fourth-order valence-corrected chi connectivity index (χ4v) is 1.98. The number of hydrogen-bond acceptors (Lipinski definition) is 2. The molecular weight excluding hydrogens is 283 g/mol. The average Bonchev–Trinajstić information content (AvgIpc) is 2.43. The van der Waals surface area contributed by atoms with Gasteiger partial charge in [0, 0.05) is 11.9 Å². The van der Waals surface area contributed by atoms with E-state index >= 15 is 0 Å². The highest BCUT2D eigenvalue weighted by Gasteiger charge is 2.05. The van der Waals surface area contributed by atoms with Gasteiger partial charge in [-0.25, -0.2) is 0 Å². The number of ether oxygens (including phenoxy) is 2. The maximum atomic E-state index is 6.15. The van der Waals surface area contributed by atoms with Gasteiger partial charge in [-0.1, -0.05) is 23.7 Å². The second-order valence-corrected chi connectivity index (χ2v) is 4.58. The lowest BCUT2D eigenvalue weighted by atomic mass is 10.2. The topological polar surface area (TPSA) is 18.5 Å². The first-order valence-electron chi connectivity index (χ1n) is 5.98. The van der Waals surface area contributed by atoms with E-state index in [1.165, 1.54) is 0 Å². The lowest BCUT2D eigenvalue weighted by Gasteiger charge is -2.10. The summed E-state index contributed by atoms with van der Waals surface area (Å²) in [6.45, 7) is 2.53. The first kappa shape index (κ1) is 14.0. The molecule has 0 aliphatic heterocycles. The van der Waals surface area contributed by atoms with E-state index in [0.29, 0.717) is 23.3 Å². The summed E-state index contributed by atoms with van der Waals surface area (Å²) in [5, 5.41) is 0.521. The predicted octanol–water partition coefficient (Wildman–Crippen LogP) is 5.27. The van der Waals surface area contributed by atoms with Crippen LogP contribution < -0.4 is 9.47 Å². The maximum absolute atomic E-state index is 6.15. The van der Waals surface area contributed by atoms with Crippen LogP contribution >= 0.6 is 23.2 Å². The van der Waals surface area contributed by atoms with E-state index in [0.717, 1.165) is 17.1 Å². The second kappa shape index (κ2) is 6.69. The van der Waals surface area contributed by atoms with Crippen molar-refractivity contribution in [3.05, 3.63) is 53.1 Å². The number of halogens is 2. The Labute approximate surface area is 122 Å². The molecule has 0 aliphatic rings. The van der Waals surface area contributed by atoms with Gasteiger partial charge in [0.25, 0.3) is 0 Å². The molecule has 0 fully saturated rings. The molecule has 0 amide bonds. The van der Waals surface area contributed by atoms with Gasteiger partial charge >= 0.3 is 0 Å². The van der Waals surface area contributed by atoms with Crippen molar-refractivity contribution in [3.8, 4) is 17.2 Å². The van der Waals surface area contributed by atoms with E-state index in [4.69, 9.17) is 32.7 Å². The molecule has 0 unspecified atom stereocenters. The minimum atomic E-state index is 0.490. The predicted molar refractivity (Wildman–Crippen MR) is 78.7 cm³/mol. The van der Waals surface area contributed by atoms with Crippen molar-refractivity contribution in [2.75, 3.05) is 6.61 Å². The van der Waals surface area contributed by atoms with Gasteiger partial charge in [-0.05, 0) is 36.8 Å². The largest absolute Gasteiger partial charge is 0.494 e. The third kappa shape index (κ3) is 3.79. The second-order valence-electron chi connectivity index (χ2n) is 3.90. The lowest BCUT2D eigenvalue weighted by molar-refractivity contribution is 0.339. The molecule has 0 heterocycles. The van der Waals surface area contributed by atoms with E-state index < -0.39 is 0 Å². The number of benzene rings is 2. The molecule has 0 atom stereocenters. The van der Waals surface area contributed by atoms with Gasteiger partial charge in [0.1, 0.15) is 17.2 Å². The fourth-order valence-electron chi connectivity index (χ4n) is 1.59. The Morgan fingerprint density at radius 1 is 1.00 bits per heavy atom. The summed E-state index contributed by atoms with van der Waals surface area (Å²) in [4.78, 5) is 0. The third-order valence-electron chi connectivity index (χ3n) is 2.52. The van der Waals surface area contributed by atoms with Gasteiger partial charge < -0.3 is 9.47 Å². The summed E-state index contributed by atoms with van der Waals surface area (Å²) >= 11 is 11.9. The van der Waals surface area contributed by atoms with Crippen LogP contribution in [-0.4, -0.2) is 6.61 Å². The van der Waals surface area contributed by atoms with Crippen molar-refractivity contribution in [1.82, 2.24) is 0 Å². The van der Waals surface area contributed by atoms with Crippen molar-refractivity contribution >= 4 is 23.2 Å². The van der Waals surface area contributed by atoms with Crippen molar-refractivity contribution < 1.29 is 9.47 Å². The van der Waals surface area contributed by atoms with Crippen LogP contribution in [0, 0.1) is 0 Å². The number of rotatable bonds is 5. The summed E-state index contributed by atoms with van der Waals surface area (Å²) in [5.41, 5.74) is 1.05. The molecule has 0 N–H and O–H groups in total. The molecule has 4 heteroatoms. The zero-order valence-electron chi connectivity index (χ0n) is 10.5. The molecule has 0 radical (unpaired) electrons. The van der Waals surface area contributed by atoms with Crippen molar-refractivity contribution in [1.29, 1.82) is 0 Å². The van der Waals surface area contributed by atoms with E-state index in [-0.39, 0.29) is 0 Å². The van der Waals surface area contributed by atoms with Crippen LogP contribution in [0.15, 0.2) is 42.5 Å². The Kier molecular flexibility index (Phi) is 4.94. The molecule has 0 aromatic heterocycles. The van der Waals surface area contributed by atoms with Crippen LogP contribution in [0.25, 0.3) is 0 Å². The molecule has 19 heavy (non-hydrogen) atoms. The number of hydrogen-bond donors (Lipinski definition) is 0. The monoisotopic (exact) mass is 296 g/mol. The smallest absolute Gasteiger partial charge is 0.146 e. The molecule has 2 aromatic rings. The average molecular weight is 297 g/mol. The Balaban J connectivity index is 2.13. The van der Waals surface area contributed by atoms with Gasteiger partial charge in [-0.15, -0.1) is 11.6 Å². The van der Waals surface area contributed by atoms with E-state index in [1.54, 1.807) is 12.1 Å².